The molecular weight excluding hydrogens is 436 g/mol. The maximum Gasteiger partial charge on any atom is 0.325 e. The summed E-state index contributed by atoms with van der Waals surface area (Å²) in [4.78, 5) is 44.3. The van der Waals surface area contributed by atoms with Crippen LogP contribution in [0.5, 0.6) is 0 Å². The highest BCUT2D eigenvalue weighted by Crippen LogP contribution is 2.29. The molecule has 164 valence electrons. The molecule has 2 saturated heterocycles. The summed E-state index contributed by atoms with van der Waals surface area (Å²) < 4.78 is 0.657. The Labute approximate surface area is 190 Å². The Kier molecular flexibility index (Phi) is 6.31. The van der Waals surface area contributed by atoms with Crippen molar-refractivity contribution >= 4 is 40.8 Å². The van der Waals surface area contributed by atoms with E-state index in [1.54, 1.807) is 13.1 Å². The standard InChI is InChI=1S/C22H25ClN4O3S/c1-25(13-17-8-9-18(23)31-17)19(28)14-27-20(29)22(24-21(27)30)10-5-11-26(15-22)12-16-6-3-2-4-7-16/h2-4,6-9H,5,10-15H2,1H3,(H,24,30)/t22-/m0/s1. The Morgan fingerprint density at radius 1 is 1.23 bits per heavy atom. The van der Waals surface area contributed by atoms with Crippen molar-refractivity contribution in [1.82, 2.24) is 20.0 Å². The number of thiophene rings is 1. The molecule has 1 aromatic carbocycles. The van der Waals surface area contributed by atoms with E-state index in [1.807, 2.05) is 24.3 Å². The molecule has 2 aliphatic rings. The molecule has 0 saturated carbocycles. The quantitative estimate of drug-likeness (QED) is 0.673. The van der Waals surface area contributed by atoms with Gasteiger partial charge in [0.15, 0.2) is 0 Å². The minimum atomic E-state index is -0.954. The van der Waals surface area contributed by atoms with Crippen molar-refractivity contribution in [3.05, 3.63) is 57.2 Å². The molecule has 0 radical (unpaired) electrons. The van der Waals surface area contributed by atoms with Crippen molar-refractivity contribution < 1.29 is 14.4 Å². The number of likely N-dealkylation sites (N-methyl/N-ethyl adjacent to an activating group) is 1. The molecule has 2 aliphatic heterocycles. The van der Waals surface area contributed by atoms with Crippen molar-refractivity contribution in [2.75, 3.05) is 26.7 Å². The number of halogens is 1. The molecule has 0 unspecified atom stereocenters. The van der Waals surface area contributed by atoms with Crippen molar-refractivity contribution in [3.63, 3.8) is 0 Å². The SMILES string of the molecule is CN(Cc1ccc(Cl)s1)C(=O)CN1C(=O)N[C@]2(CCCN(Cc3ccccc3)C2)C1=O. The van der Waals surface area contributed by atoms with Crippen LogP contribution in [0.15, 0.2) is 42.5 Å². The predicted molar refractivity (Wildman–Crippen MR) is 120 cm³/mol. The number of urea groups is 1. The van der Waals surface area contributed by atoms with Crippen LogP contribution in [0.25, 0.3) is 0 Å². The molecule has 4 amide bonds. The number of likely N-dealkylation sites (tertiary alicyclic amines) is 1. The van der Waals surface area contributed by atoms with Gasteiger partial charge in [0.05, 0.1) is 10.9 Å². The van der Waals surface area contributed by atoms with Gasteiger partial charge in [0.2, 0.25) is 5.91 Å². The van der Waals surface area contributed by atoms with Crippen molar-refractivity contribution in [2.45, 2.75) is 31.5 Å². The largest absolute Gasteiger partial charge is 0.339 e. The highest BCUT2D eigenvalue weighted by Gasteiger charge is 2.53. The van der Waals surface area contributed by atoms with Crippen LogP contribution >= 0.6 is 22.9 Å². The van der Waals surface area contributed by atoms with Gasteiger partial charge in [-0.05, 0) is 37.1 Å². The second kappa shape index (κ2) is 8.98. The molecule has 1 atom stereocenters. The van der Waals surface area contributed by atoms with E-state index in [4.69, 9.17) is 11.6 Å². The summed E-state index contributed by atoms with van der Waals surface area (Å²) >= 11 is 7.35. The normalized spacial score (nSPS) is 21.5. The summed E-state index contributed by atoms with van der Waals surface area (Å²) in [6.45, 7) is 2.15. The van der Waals surface area contributed by atoms with E-state index < -0.39 is 11.6 Å². The topological polar surface area (TPSA) is 73.0 Å². The first-order valence-corrected chi connectivity index (χ1v) is 11.4. The maximum absolute atomic E-state index is 13.2. The minimum absolute atomic E-state index is 0.263. The monoisotopic (exact) mass is 460 g/mol. The lowest BCUT2D eigenvalue weighted by molar-refractivity contribution is -0.139. The number of hydrogen-bond acceptors (Lipinski definition) is 5. The zero-order valence-corrected chi connectivity index (χ0v) is 18.9. The number of hydrogen-bond donors (Lipinski definition) is 1. The summed E-state index contributed by atoms with van der Waals surface area (Å²) in [6, 6.07) is 13.2. The average Bonchev–Trinajstić information content (AvgIpc) is 3.24. The van der Waals surface area contributed by atoms with Gasteiger partial charge in [-0.15, -0.1) is 11.3 Å². The Morgan fingerprint density at radius 2 is 2.00 bits per heavy atom. The molecule has 1 spiro atoms. The summed E-state index contributed by atoms with van der Waals surface area (Å²) in [5.74, 6) is -0.599. The first-order chi connectivity index (χ1) is 14.9. The smallest absolute Gasteiger partial charge is 0.325 e. The van der Waals surface area contributed by atoms with E-state index in [0.29, 0.717) is 23.8 Å². The van der Waals surface area contributed by atoms with E-state index in [0.717, 1.165) is 29.3 Å². The predicted octanol–water partition coefficient (Wildman–Crippen LogP) is 2.95. The number of imide groups is 1. The molecule has 0 aliphatic carbocycles. The lowest BCUT2D eigenvalue weighted by Gasteiger charge is -2.38. The lowest BCUT2D eigenvalue weighted by Crippen LogP contribution is -2.58. The summed E-state index contributed by atoms with van der Waals surface area (Å²) in [5.41, 5.74) is 0.211. The Bertz CT molecular complexity index is 982. The molecular formula is C22H25ClN4O3S. The van der Waals surface area contributed by atoms with Gasteiger partial charge in [-0.25, -0.2) is 4.79 Å². The van der Waals surface area contributed by atoms with Crippen LogP contribution in [0.3, 0.4) is 0 Å². The molecule has 2 fully saturated rings. The number of nitrogens with zero attached hydrogens (tertiary/aromatic N) is 3. The molecule has 1 N–H and O–H groups in total. The lowest BCUT2D eigenvalue weighted by atomic mass is 9.88. The summed E-state index contributed by atoms with van der Waals surface area (Å²) in [6.07, 6.45) is 1.39. The third kappa shape index (κ3) is 4.76. The fourth-order valence-electron chi connectivity index (χ4n) is 4.23. The van der Waals surface area contributed by atoms with Crippen LogP contribution < -0.4 is 5.32 Å². The van der Waals surface area contributed by atoms with Crippen molar-refractivity contribution in [2.24, 2.45) is 0 Å². The molecule has 0 bridgehead atoms. The van der Waals surface area contributed by atoms with E-state index in [9.17, 15) is 14.4 Å². The number of benzene rings is 1. The summed E-state index contributed by atoms with van der Waals surface area (Å²) in [5, 5.41) is 2.89. The maximum atomic E-state index is 13.2. The van der Waals surface area contributed by atoms with Gasteiger partial charge in [-0.1, -0.05) is 41.9 Å². The van der Waals surface area contributed by atoms with Gasteiger partial charge >= 0.3 is 6.03 Å². The van der Waals surface area contributed by atoms with Gasteiger partial charge in [-0.3, -0.25) is 19.4 Å². The second-order valence-corrected chi connectivity index (χ2v) is 9.96. The Hall–Kier alpha value is -2.42. The number of piperidine rings is 1. The van der Waals surface area contributed by atoms with Crippen LogP contribution in [0.1, 0.15) is 23.3 Å². The van der Waals surface area contributed by atoms with Crippen LogP contribution in [0.4, 0.5) is 4.79 Å². The third-order valence-electron chi connectivity index (χ3n) is 5.81. The van der Waals surface area contributed by atoms with E-state index in [-0.39, 0.29) is 18.4 Å². The molecule has 7 nitrogen and oxygen atoms in total. The van der Waals surface area contributed by atoms with E-state index >= 15 is 0 Å². The zero-order chi connectivity index (χ0) is 22.0. The highest BCUT2D eigenvalue weighted by molar-refractivity contribution is 7.16. The number of carbonyl (C=O) groups excluding carboxylic acids is 3. The van der Waals surface area contributed by atoms with Crippen LogP contribution in [-0.4, -0.2) is 64.8 Å². The third-order valence-corrected chi connectivity index (χ3v) is 7.02. The number of carbonyl (C=O) groups is 3. The van der Waals surface area contributed by atoms with Gasteiger partial charge < -0.3 is 10.2 Å². The molecule has 4 rings (SSSR count). The fourth-order valence-corrected chi connectivity index (χ4v) is 5.37. The number of nitrogens with one attached hydrogen (secondary N) is 1. The van der Waals surface area contributed by atoms with Crippen molar-refractivity contribution in [1.29, 1.82) is 0 Å². The molecule has 2 aromatic rings. The van der Waals surface area contributed by atoms with Gasteiger partial charge in [0.1, 0.15) is 12.1 Å². The van der Waals surface area contributed by atoms with Gasteiger partial charge in [0.25, 0.3) is 5.91 Å². The average molecular weight is 461 g/mol. The molecule has 9 heteroatoms. The molecule has 3 heterocycles. The van der Waals surface area contributed by atoms with Crippen LogP contribution in [0, 0.1) is 0 Å². The first kappa shape index (κ1) is 21.8. The molecule has 31 heavy (non-hydrogen) atoms. The highest BCUT2D eigenvalue weighted by atomic mass is 35.5. The van der Waals surface area contributed by atoms with Crippen molar-refractivity contribution in [3.8, 4) is 0 Å². The first-order valence-electron chi connectivity index (χ1n) is 10.2. The second-order valence-electron chi connectivity index (χ2n) is 8.16. The van der Waals surface area contributed by atoms with Gasteiger partial charge in [-0.2, -0.15) is 0 Å². The minimum Gasteiger partial charge on any atom is -0.339 e. The van der Waals surface area contributed by atoms with E-state index in [1.165, 1.54) is 21.8 Å². The number of amides is 4. The number of rotatable bonds is 6. The Balaban J connectivity index is 1.40. The van der Waals surface area contributed by atoms with Crippen LogP contribution in [0.2, 0.25) is 4.34 Å². The fraction of sp³-hybridized carbons (Fsp3) is 0.409. The zero-order valence-electron chi connectivity index (χ0n) is 17.3. The van der Waals surface area contributed by atoms with Gasteiger partial charge in [0, 0.05) is 25.0 Å². The van der Waals surface area contributed by atoms with Crippen LogP contribution in [-0.2, 0) is 22.7 Å². The Morgan fingerprint density at radius 3 is 2.71 bits per heavy atom. The van der Waals surface area contributed by atoms with E-state index in [2.05, 4.69) is 22.3 Å². The molecule has 1 aromatic heterocycles. The summed E-state index contributed by atoms with van der Waals surface area (Å²) in [7, 11) is 1.66.